The van der Waals surface area contributed by atoms with Gasteiger partial charge in [0.25, 0.3) is 0 Å². The monoisotopic (exact) mass is 423 g/mol. The predicted molar refractivity (Wildman–Crippen MR) is 122 cm³/mol. The summed E-state index contributed by atoms with van der Waals surface area (Å²) in [6.45, 7) is 3.87. The lowest BCUT2D eigenvalue weighted by Gasteiger charge is -2.49. The number of amides is 2. The van der Waals surface area contributed by atoms with E-state index in [-0.39, 0.29) is 11.4 Å². The van der Waals surface area contributed by atoms with Gasteiger partial charge in [-0.1, -0.05) is 60.7 Å². The fourth-order valence-corrected chi connectivity index (χ4v) is 4.78. The fourth-order valence-electron chi connectivity index (χ4n) is 4.78. The second kappa shape index (κ2) is 8.71. The maximum Gasteiger partial charge on any atom is 0.405 e. The smallest absolute Gasteiger partial charge is 0.405 e. The van der Waals surface area contributed by atoms with Crippen molar-refractivity contribution in [3.63, 3.8) is 0 Å². The van der Waals surface area contributed by atoms with Crippen molar-refractivity contribution in [3.8, 4) is 0 Å². The molecule has 1 saturated carbocycles. The zero-order chi connectivity index (χ0) is 22.7. The summed E-state index contributed by atoms with van der Waals surface area (Å²) in [6, 6.07) is 20.0. The summed E-state index contributed by atoms with van der Waals surface area (Å²) in [7, 11) is 4.09. The van der Waals surface area contributed by atoms with Crippen LogP contribution in [0.4, 0.5) is 4.79 Å². The molecule has 0 spiro atoms. The number of nitrogens with zero attached hydrogens (tertiary/aromatic N) is 1. The van der Waals surface area contributed by atoms with Crippen LogP contribution < -0.4 is 10.6 Å². The van der Waals surface area contributed by atoms with Gasteiger partial charge in [0.15, 0.2) is 0 Å². The van der Waals surface area contributed by atoms with Gasteiger partial charge >= 0.3 is 6.09 Å². The second-order valence-electron chi connectivity index (χ2n) is 9.25. The van der Waals surface area contributed by atoms with E-state index in [1.807, 2.05) is 76.5 Å². The van der Waals surface area contributed by atoms with Crippen molar-refractivity contribution in [1.82, 2.24) is 15.5 Å². The van der Waals surface area contributed by atoms with Crippen molar-refractivity contribution in [2.24, 2.45) is 0 Å². The van der Waals surface area contributed by atoms with E-state index in [1.165, 1.54) is 5.56 Å². The molecule has 3 rings (SSSR count). The van der Waals surface area contributed by atoms with E-state index < -0.39 is 17.2 Å². The predicted octanol–water partition coefficient (Wildman–Crippen LogP) is 4.08. The van der Waals surface area contributed by atoms with Gasteiger partial charge in [-0.3, -0.25) is 9.69 Å². The lowest BCUT2D eigenvalue weighted by Crippen LogP contribution is -2.64. The van der Waals surface area contributed by atoms with E-state index in [1.54, 1.807) is 0 Å². The molecule has 0 heterocycles. The maximum atomic E-state index is 13.5. The molecule has 0 bridgehead atoms. The highest BCUT2D eigenvalue weighted by Gasteiger charge is 2.50. The summed E-state index contributed by atoms with van der Waals surface area (Å²) < 4.78 is 0. The molecule has 0 aliphatic heterocycles. The van der Waals surface area contributed by atoms with E-state index >= 15 is 0 Å². The lowest BCUT2D eigenvalue weighted by molar-refractivity contribution is -0.132. The van der Waals surface area contributed by atoms with Crippen LogP contribution in [0.5, 0.6) is 0 Å². The standard InChI is InChI=1S/C25H33N3O3/c1-23(2,19-11-7-5-8-12-19)26-21(29)24(27-22(30)31)15-17-25(18-16-24,28(3)4)20-13-9-6-10-14-20/h5-14,27H,15-18H2,1-4H3,(H,26,29)(H,30,31). The van der Waals surface area contributed by atoms with Crippen molar-refractivity contribution >= 4 is 12.0 Å². The van der Waals surface area contributed by atoms with Crippen molar-refractivity contribution in [3.05, 3.63) is 71.8 Å². The van der Waals surface area contributed by atoms with Crippen LogP contribution in [0.1, 0.15) is 50.7 Å². The Bertz CT molecular complexity index is 902. The third-order valence-corrected chi connectivity index (χ3v) is 6.80. The highest BCUT2D eigenvalue weighted by molar-refractivity contribution is 5.90. The molecule has 2 aromatic rings. The van der Waals surface area contributed by atoms with Crippen LogP contribution in [0.3, 0.4) is 0 Å². The van der Waals surface area contributed by atoms with Crippen LogP contribution >= 0.6 is 0 Å². The number of hydrogen-bond donors (Lipinski definition) is 3. The summed E-state index contributed by atoms with van der Waals surface area (Å²) >= 11 is 0. The minimum absolute atomic E-state index is 0.236. The van der Waals surface area contributed by atoms with Crippen LogP contribution in [-0.2, 0) is 15.9 Å². The summed E-state index contributed by atoms with van der Waals surface area (Å²) in [4.78, 5) is 27.4. The molecule has 0 aromatic heterocycles. The third-order valence-electron chi connectivity index (χ3n) is 6.80. The molecule has 2 aromatic carbocycles. The van der Waals surface area contributed by atoms with Gasteiger partial charge in [0.2, 0.25) is 5.91 Å². The fraction of sp³-hybridized carbons (Fsp3) is 0.440. The minimum atomic E-state index is -1.18. The van der Waals surface area contributed by atoms with E-state index in [0.29, 0.717) is 25.7 Å². The molecular weight excluding hydrogens is 390 g/mol. The number of carbonyl (C=O) groups is 2. The molecule has 0 atom stereocenters. The summed E-state index contributed by atoms with van der Waals surface area (Å²) in [6.07, 6.45) is 1.00. The normalized spacial score (nSPS) is 23.9. The first kappa shape index (κ1) is 22.8. The van der Waals surface area contributed by atoms with Crippen molar-refractivity contribution in [2.75, 3.05) is 14.1 Å². The van der Waals surface area contributed by atoms with Crippen molar-refractivity contribution < 1.29 is 14.7 Å². The van der Waals surface area contributed by atoms with Gasteiger partial charge in [-0.2, -0.15) is 0 Å². The molecule has 6 heteroatoms. The Morgan fingerprint density at radius 3 is 1.90 bits per heavy atom. The summed E-state index contributed by atoms with van der Waals surface area (Å²) in [5, 5.41) is 15.2. The van der Waals surface area contributed by atoms with Crippen LogP contribution in [0.15, 0.2) is 60.7 Å². The molecule has 166 valence electrons. The maximum absolute atomic E-state index is 13.5. The molecule has 1 aliphatic carbocycles. The van der Waals surface area contributed by atoms with Crippen molar-refractivity contribution in [1.29, 1.82) is 0 Å². The molecule has 3 N–H and O–H groups in total. The van der Waals surface area contributed by atoms with Gasteiger partial charge in [-0.15, -0.1) is 0 Å². The summed E-state index contributed by atoms with van der Waals surface area (Å²) in [5.41, 5.74) is 0.137. The molecular formula is C25H33N3O3. The third kappa shape index (κ3) is 4.59. The minimum Gasteiger partial charge on any atom is -0.465 e. The van der Waals surface area contributed by atoms with Crippen LogP contribution in [0.2, 0.25) is 0 Å². The largest absolute Gasteiger partial charge is 0.465 e. The Labute approximate surface area is 184 Å². The van der Waals surface area contributed by atoms with Gasteiger partial charge in [0.05, 0.1) is 5.54 Å². The zero-order valence-corrected chi connectivity index (χ0v) is 18.8. The van der Waals surface area contributed by atoms with E-state index in [4.69, 9.17) is 0 Å². The topological polar surface area (TPSA) is 81.7 Å². The number of carboxylic acid groups (broad SMARTS) is 1. The van der Waals surface area contributed by atoms with E-state index in [9.17, 15) is 14.7 Å². The highest BCUT2D eigenvalue weighted by atomic mass is 16.4. The van der Waals surface area contributed by atoms with Gasteiger partial charge < -0.3 is 15.7 Å². The van der Waals surface area contributed by atoms with E-state index in [0.717, 1.165) is 5.56 Å². The number of hydrogen-bond acceptors (Lipinski definition) is 3. The summed E-state index contributed by atoms with van der Waals surface area (Å²) in [5.74, 6) is -0.274. The molecule has 0 radical (unpaired) electrons. The number of benzene rings is 2. The quantitative estimate of drug-likeness (QED) is 0.654. The Kier molecular flexibility index (Phi) is 6.41. The highest BCUT2D eigenvalue weighted by Crippen LogP contribution is 2.45. The molecule has 31 heavy (non-hydrogen) atoms. The molecule has 1 fully saturated rings. The Morgan fingerprint density at radius 1 is 0.903 bits per heavy atom. The second-order valence-corrected chi connectivity index (χ2v) is 9.25. The molecule has 1 aliphatic rings. The van der Waals surface area contributed by atoms with Crippen molar-refractivity contribution in [2.45, 2.75) is 56.1 Å². The number of carbonyl (C=O) groups excluding carboxylic acids is 1. The molecule has 2 amide bonds. The average Bonchev–Trinajstić information content (AvgIpc) is 2.74. The Balaban J connectivity index is 1.87. The van der Waals surface area contributed by atoms with Gasteiger partial charge in [-0.25, -0.2) is 4.79 Å². The first-order valence-electron chi connectivity index (χ1n) is 10.7. The van der Waals surface area contributed by atoms with E-state index in [2.05, 4.69) is 27.7 Å². The number of rotatable bonds is 6. The molecule has 6 nitrogen and oxygen atoms in total. The van der Waals surface area contributed by atoms with Gasteiger partial charge in [-0.05, 0) is 64.8 Å². The van der Waals surface area contributed by atoms with Crippen LogP contribution in [0.25, 0.3) is 0 Å². The SMILES string of the molecule is CN(C)C1(c2ccccc2)CCC(NC(=O)O)(C(=O)NC(C)(C)c2ccccc2)CC1. The Hall–Kier alpha value is -2.86. The van der Waals surface area contributed by atoms with Crippen LogP contribution in [0, 0.1) is 0 Å². The van der Waals surface area contributed by atoms with Crippen LogP contribution in [-0.4, -0.2) is 41.6 Å². The molecule has 0 saturated heterocycles. The first-order valence-corrected chi connectivity index (χ1v) is 10.7. The van der Waals surface area contributed by atoms with Gasteiger partial charge in [0, 0.05) is 5.54 Å². The first-order chi connectivity index (χ1) is 14.6. The zero-order valence-electron chi connectivity index (χ0n) is 18.8. The molecule has 0 unspecified atom stereocenters. The average molecular weight is 424 g/mol. The lowest BCUT2D eigenvalue weighted by atomic mass is 9.68. The Morgan fingerprint density at radius 2 is 1.42 bits per heavy atom. The number of nitrogens with one attached hydrogen (secondary N) is 2. The van der Waals surface area contributed by atoms with Gasteiger partial charge in [0.1, 0.15) is 5.54 Å².